The van der Waals surface area contributed by atoms with E-state index < -0.39 is 12.0 Å². The van der Waals surface area contributed by atoms with Crippen LogP contribution in [-0.2, 0) is 4.79 Å². The van der Waals surface area contributed by atoms with Gasteiger partial charge in [0.15, 0.2) is 6.10 Å². The molecule has 4 nitrogen and oxygen atoms in total. The van der Waals surface area contributed by atoms with Gasteiger partial charge in [-0.3, -0.25) is 4.79 Å². The lowest BCUT2D eigenvalue weighted by Gasteiger charge is -2.18. The van der Waals surface area contributed by atoms with Crippen LogP contribution in [0.4, 0.5) is 0 Å². The van der Waals surface area contributed by atoms with Crippen molar-refractivity contribution < 1.29 is 9.90 Å². The Morgan fingerprint density at radius 2 is 1.70 bits per heavy atom. The van der Waals surface area contributed by atoms with Gasteiger partial charge in [0.25, 0.3) is 5.91 Å². The summed E-state index contributed by atoms with van der Waals surface area (Å²) < 4.78 is 0. The summed E-state index contributed by atoms with van der Waals surface area (Å²) in [4.78, 5) is 12.2. The molecular weight excluding hydrogens is 335 g/mol. The maximum absolute atomic E-state index is 12.2. The highest BCUT2D eigenvalue weighted by Crippen LogP contribution is 2.24. The normalized spacial score (nSPS) is 13.0. The molecular formula is C17H14Cl2N2O2. The third kappa shape index (κ3) is 4.46. The van der Waals surface area contributed by atoms with E-state index in [9.17, 15) is 9.90 Å². The smallest absolute Gasteiger partial charge is 0.253 e. The fourth-order valence-electron chi connectivity index (χ4n) is 2.11. The molecule has 2 rings (SSSR count). The fraction of sp³-hybridized carbons (Fsp3) is 0.176. The average Bonchev–Trinajstić information content (AvgIpc) is 2.53. The highest BCUT2D eigenvalue weighted by Gasteiger charge is 2.20. The molecule has 2 unspecified atom stereocenters. The number of nitrogens with one attached hydrogen (secondary N) is 1. The molecule has 0 fully saturated rings. The van der Waals surface area contributed by atoms with Crippen LogP contribution in [0.5, 0.6) is 0 Å². The largest absolute Gasteiger partial charge is 0.378 e. The molecule has 0 radical (unpaired) electrons. The van der Waals surface area contributed by atoms with Crippen LogP contribution < -0.4 is 5.32 Å². The van der Waals surface area contributed by atoms with Crippen molar-refractivity contribution in [3.8, 4) is 6.07 Å². The number of nitriles is 1. The second kappa shape index (κ2) is 7.47. The number of carbonyl (C=O) groups excluding carboxylic acids is 1. The molecule has 0 saturated carbocycles. The van der Waals surface area contributed by atoms with Gasteiger partial charge in [0.05, 0.1) is 17.7 Å². The van der Waals surface area contributed by atoms with E-state index in [0.717, 1.165) is 5.56 Å². The molecule has 0 aliphatic rings. The van der Waals surface area contributed by atoms with Gasteiger partial charge in [0, 0.05) is 10.0 Å². The standard InChI is InChI=1S/C17H14Cl2N2O2/c1-10(12-4-2-11(9-20)3-5-12)21-17(23)16(22)13-6-14(18)8-15(19)7-13/h2-8,10,16,22H,1H3,(H,21,23). The topological polar surface area (TPSA) is 73.1 Å². The Kier molecular flexibility index (Phi) is 5.62. The van der Waals surface area contributed by atoms with Gasteiger partial charge in [0.1, 0.15) is 0 Å². The van der Waals surface area contributed by atoms with E-state index in [4.69, 9.17) is 28.5 Å². The van der Waals surface area contributed by atoms with Gasteiger partial charge in [-0.15, -0.1) is 0 Å². The first-order valence-corrected chi connectivity index (χ1v) is 7.61. The zero-order chi connectivity index (χ0) is 17.0. The fourth-order valence-corrected chi connectivity index (χ4v) is 2.65. The summed E-state index contributed by atoms with van der Waals surface area (Å²) in [6, 6.07) is 13.1. The zero-order valence-corrected chi connectivity index (χ0v) is 13.8. The first-order chi connectivity index (χ1) is 10.9. The van der Waals surface area contributed by atoms with Gasteiger partial charge in [-0.1, -0.05) is 35.3 Å². The molecule has 2 aromatic rings. The second-order valence-corrected chi connectivity index (χ2v) is 5.94. The minimum Gasteiger partial charge on any atom is -0.378 e. The van der Waals surface area contributed by atoms with Gasteiger partial charge in [-0.05, 0) is 48.4 Å². The molecule has 0 saturated heterocycles. The Morgan fingerprint density at radius 3 is 2.22 bits per heavy atom. The lowest BCUT2D eigenvalue weighted by Crippen LogP contribution is -2.31. The van der Waals surface area contributed by atoms with E-state index in [1.54, 1.807) is 31.2 Å². The van der Waals surface area contributed by atoms with Crippen LogP contribution in [-0.4, -0.2) is 11.0 Å². The number of benzene rings is 2. The van der Waals surface area contributed by atoms with E-state index >= 15 is 0 Å². The van der Waals surface area contributed by atoms with Gasteiger partial charge in [-0.2, -0.15) is 5.26 Å². The predicted octanol–water partition coefficient (Wildman–Crippen LogP) is 3.78. The van der Waals surface area contributed by atoms with Crippen LogP contribution in [0.3, 0.4) is 0 Å². The SMILES string of the molecule is CC(NC(=O)C(O)c1cc(Cl)cc(Cl)c1)c1ccc(C#N)cc1. The van der Waals surface area contributed by atoms with Crippen LogP contribution in [0.2, 0.25) is 10.0 Å². The molecule has 2 atom stereocenters. The third-order valence-electron chi connectivity index (χ3n) is 3.35. The second-order valence-electron chi connectivity index (χ2n) is 5.07. The highest BCUT2D eigenvalue weighted by atomic mass is 35.5. The number of aliphatic hydroxyl groups is 1. The summed E-state index contributed by atoms with van der Waals surface area (Å²) in [5, 5.41) is 22.3. The third-order valence-corrected chi connectivity index (χ3v) is 3.78. The van der Waals surface area contributed by atoms with Gasteiger partial charge in [-0.25, -0.2) is 0 Å². The maximum atomic E-state index is 12.2. The minimum atomic E-state index is -1.37. The van der Waals surface area contributed by atoms with E-state index in [0.29, 0.717) is 21.2 Å². The number of hydrogen-bond donors (Lipinski definition) is 2. The lowest BCUT2D eigenvalue weighted by molar-refractivity contribution is -0.130. The quantitative estimate of drug-likeness (QED) is 0.882. The molecule has 0 spiro atoms. The van der Waals surface area contributed by atoms with Gasteiger partial charge >= 0.3 is 0 Å². The van der Waals surface area contributed by atoms with Crippen LogP contribution in [0.25, 0.3) is 0 Å². The summed E-state index contributed by atoms with van der Waals surface area (Å²) in [5.41, 5.74) is 1.70. The van der Waals surface area contributed by atoms with Crippen molar-refractivity contribution in [2.24, 2.45) is 0 Å². The molecule has 2 aromatic carbocycles. The van der Waals surface area contributed by atoms with Gasteiger partial charge < -0.3 is 10.4 Å². The van der Waals surface area contributed by atoms with Crippen molar-refractivity contribution in [2.75, 3.05) is 0 Å². The number of halogens is 2. The van der Waals surface area contributed by atoms with Crippen LogP contribution in [0, 0.1) is 11.3 Å². The number of nitrogens with zero attached hydrogens (tertiary/aromatic N) is 1. The predicted molar refractivity (Wildman–Crippen MR) is 89.1 cm³/mol. The first kappa shape index (κ1) is 17.3. The van der Waals surface area contributed by atoms with Crippen molar-refractivity contribution >= 4 is 29.1 Å². The van der Waals surface area contributed by atoms with Crippen LogP contribution in [0.1, 0.15) is 35.8 Å². The Morgan fingerprint density at radius 1 is 1.13 bits per heavy atom. The Hall–Kier alpha value is -2.06. The lowest BCUT2D eigenvalue weighted by atomic mass is 10.0. The van der Waals surface area contributed by atoms with Crippen molar-refractivity contribution in [3.63, 3.8) is 0 Å². The summed E-state index contributed by atoms with van der Waals surface area (Å²) >= 11 is 11.8. The molecule has 1 amide bonds. The first-order valence-electron chi connectivity index (χ1n) is 6.85. The molecule has 0 aliphatic carbocycles. The van der Waals surface area contributed by atoms with Crippen LogP contribution in [0.15, 0.2) is 42.5 Å². The number of aliphatic hydroxyl groups excluding tert-OH is 1. The summed E-state index contributed by atoms with van der Waals surface area (Å²) in [6.45, 7) is 1.79. The molecule has 0 aromatic heterocycles. The Bertz CT molecular complexity index is 734. The zero-order valence-electron chi connectivity index (χ0n) is 12.3. The Balaban J connectivity index is 2.09. The number of hydrogen-bond acceptors (Lipinski definition) is 3. The minimum absolute atomic E-state index is 0.320. The average molecular weight is 349 g/mol. The number of carbonyl (C=O) groups is 1. The highest BCUT2D eigenvalue weighted by molar-refractivity contribution is 6.34. The monoisotopic (exact) mass is 348 g/mol. The molecule has 2 N–H and O–H groups in total. The molecule has 0 aliphatic heterocycles. The van der Waals surface area contributed by atoms with Crippen molar-refractivity contribution in [3.05, 3.63) is 69.2 Å². The summed E-state index contributed by atoms with van der Waals surface area (Å²) in [5.74, 6) is -0.555. The summed E-state index contributed by atoms with van der Waals surface area (Å²) in [7, 11) is 0. The molecule has 0 bridgehead atoms. The molecule has 23 heavy (non-hydrogen) atoms. The maximum Gasteiger partial charge on any atom is 0.253 e. The number of amides is 1. The van der Waals surface area contributed by atoms with E-state index in [1.807, 2.05) is 6.07 Å². The van der Waals surface area contributed by atoms with Crippen LogP contribution >= 0.6 is 23.2 Å². The Labute approximate surface area is 144 Å². The number of rotatable bonds is 4. The van der Waals surface area contributed by atoms with E-state index in [-0.39, 0.29) is 6.04 Å². The summed E-state index contributed by atoms with van der Waals surface area (Å²) in [6.07, 6.45) is -1.37. The van der Waals surface area contributed by atoms with E-state index in [2.05, 4.69) is 5.32 Å². The van der Waals surface area contributed by atoms with Crippen molar-refractivity contribution in [2.45, 2.75) is 19.1 Å². The van der Waals surface area contributed by atoms with Crippen molar-refractivity contribution in [1.29, 1.82) is 5.26 Å². The molecule has 6 heteroatoms. The van der Waals surface area contributed by atoms with Crippen molar-refractivity contribution in [1.82, 2.24) is 5.32 Å². The van der Waals surface area contributed by atoms with Gasteiger partial charge in [0.2, 0.25) is 0 Å². The van der Waals surface area contributed by atoms with E-state index in [1.165, 1.54) is 18.2 Å². The molecule has 0 heterocycles. The molecule has 118 valence electrons.